The van der Waals surface area contributed by atoms with Crippen LogP contribution in [0, 0.1) is 3.83 Å². The van der Waals surface area contributed by atoms with Crippen LogP contribution in [0.3, 0.4) is 0 Å². The minimum atomic E-state index is 0.151. The van der Waals surface area contributed by atoms with Crippen LogP contribution in [-0.2, 0) is 0 Å². The van der Waals surface area contributed by atoms with E-state index in [1.165, 1.54) is 0 Å². The second-order valence-electron chi connectivity index (χ2n) is 3.56. The molecule has 0 aliphatic rings. The quantitative estimate of drug-likeness (QED) is 0.812. The molecule has 0 saturated carbocycles. The fraction of sp³-hybridized carbons (Fsp3) is 0.273. The summed E-state index contributed by atoms with van der Waals surface area (Å²) in [6.07, 6.45) is 0.151. The van der Waals surface area contributed by atoms with E-state index in [9.17, 15) is 0 Å². The van der Waals surface area contributed by atoms with E-state index < -0.39 is 0 Å². The average Bonchev–Trinajstić information content (AvgIpc) is 2.64. The van der Waals surface area contributed by atoms with Crippen LogP contribution < -0.4 is 4.74 Å². The predicted octanol–water partition coefficient (Wildman–Crippen LogP) is 3.13. The monoisotopic (exact) mass is 330 g/mol. The van der Waals surface area contributed by atoms with Crippen LogP contribution in [0.15, 0.2) is 28.8 Å². The standard InChI is InChI=1S/C11H11IN2O2/c1-7(2)15-9-5-3-4-8(6-9)10-13-11(12)14-16-10/h3-7H,1-2H3. The second-order valence-corrected chi connectivity index (χ2v) is 4.53. The van der Waals surface area contributed by atoms with Crippen molar-refractivity contribution >= 4 is 22.6 Å². The maximum absolute atomic E-state index is 5.59. The number of hydrogen-bond acceptors (Lipinski definition) is 4. The van der Waals surface area contributed by atoms with Gasteiger partial charge in [0.25, 0.3) is 5.89 Å². The van der Waals surface area contributed by atoms with Gasteiger partial charge in [0.15, 0.2) is 0 Å². The van der Waals surface area contributed by atoms with Crippen molar-refractivity contribution in [3.05, 3.63) is 28.1 Å². The van der Waals surface area contributed by atoms with Gasteiger partial charge < -0.3 is 9.26 Å². The molecule has 2 aromatic rings. The summed E-state index contributed by atoms with van der Waals surface area (Å²) >= 11 is 2.01. The summed E-state index contributed by atoms with van der Waals surface area (Å²) in [4.78, 5) is 4.15. The Bertz CT molecular complexity index is 482. The maximum atomic E-state index is 5.59. The lowest BCUT2D eigenvalue weighted by Gasteiger charge is -2.09. The molecule has 4 nitrogen and oxygen atoms in total. The van der Waals surface area contributed by atoms with Crippen molar-refractivity contribution < 1.29 is 9.26 Å². The zero-order valence-electron chi connectivity index (χ0n) is 8.98. The molecule has 0 aliphatic heterocycles. The SMILES string of the molecule is CC(C)Oc1cccc(-c2nc(I)no2)c1. The van der Waals surface area contributed by atoms with E-state index in [-0.39, 0.29) is 6.10 Å². The maximum Gasteiger partial charge on any atom is 0.258 e. The lowest BCUT2D eigenvalue weighted by molar-refractivity contribution is 0.242. The highest BCUT2D eigenvalue weighted by Gasteiger charge is 2.08. The lowest BCUT2D eigenvalue weighted by atomic mass is 10.2. The van der Waals surface area contributed by atoms with Gasteiger partial charge in [0.05, 0.1) is 6.10 Å². The molecule has 1 aromatic carbocycles. The molecule has 16 heavy (non-hydrogen) atoms. The Hall–Kier alpha value is -1.11. The van der Waals surface area contributed by atoms with Crippen molar-refractivity contribution in [3.8, 4) is 17.2 Å². The lowest BCUT2D eigenvalue weighted by Crippen LogP contribution is -2.05. The molecule has 0 amide bonds. The Morgan fingerprint density at radius 1 is 1.38 bits per heavy atom. The minimum Gasteiger partial charge on any atom is -0.491 e. The first-order valence-corrected chi connectivity index (χ1v) is 5.99. The van der Waals surface area contributed by atoms with E-state index in [1.807, 2.05) is 60.7 Å². The Morgan fingerprint density at radius 3 is 2.81 bits per heavy atom. The number of nitrogens with zero attached hydrogens (tertiary/aromatic N) is 2. The molecule has 84 valence electrons. The fourth-order valence-electron chi connectivity index (χ4n) is 1.30. The number of benzene rings is 1. The summed E-state index contributed by atoms with van der Waals surface area (Å²) in [5.41, 5.74) is 0.869. The number of aromatic nitrogens is 2. The van der Waals surface area contributed by atoms with Gasteiger partial charge in [-0.2, -0.15) is 4.98 Å². The number of hydrogen-bond donors (Lipinski definition) is 0. The molecule has 0 radical (unpaired) electrons. The third-order valence-corrected chi connectivity index (χ3v) is 2.29. The van der Waals surface area contributed by atoms with Crippen LogP contribution in [0.2, 0.25) is 0 Å². The molecule has 0 bridgehead atoms. The Balaban J connectivity index is 2.28. The van der Waals surface area contributed by atoms with Crippen molar-refractivity contribution in [1.29, 1.82) is 0 Å². The van der Waals surface area contributed by atoms with E-state index >= 15 is 0 Å². The zero-order chi connectivity index (χ0) is 11.5. The van der Waals surface area contributed by atoms with Crippen molar-refractivity contribution in [2.24, 2.45) is 0 Å². The first kappa shape index (κ1) is 11.4. The minimum absolute atomic E-state index is 0.151. The Kier molecular flexibility index (Phi) is 3.42. The van der Waals surface area contributed by atoms with Gasteiger partial charge in [-0.25, -0.2) is 0 Å². The smallest absolute Gasteiger partial charge is 0.258 e. The molecular weight excluding hydrogens is 319 g/mol. The molecular formula is C11H11IN2O2. The summed E-state index contributed by atoms with van der Waals surface area (Å²) in [5, 5.41) is 3.74. The first-order valence-electron chi connectivity index (χ1n) is 4.91. The Labute approximate surface area is 107 Å². The molecule has 0 atom stereocenters. The second kappa shape index (κ2) is 4.82. The molecule has 1 heterocycles. The van der Waals surface area contributed by atoms with Gasteiger partial charge >= 0.3 is 0 Å². The summed E-state index contributed by atoms with van der Waals surface area (Å²) in [6, 6.07) is 7.62. The highest BCUT2D eigenvalue weighted by molar-refractivity contribution is 14.1. The topological polar surface area (TPSA) is 48.2 Å². The number of ether oxygens (including phenoxy) is 1. The summed E-state index contributed by atoms with van der Waals surface area (Å²) in [7, 11) is 0. The summed E-state index contributed by atoms with van der Waals surface area (Å²) < 4.78 is 11.3. The van der Waals surface area contributed by atoms with E-state index in [2.05, 4.69) is 10.1 Å². The van der Waals surface area contributed by atoms with Crippen LogP contribution in [0.1, 0.15) is 13.8 Å². The van der Waals surface area contributed by atoms with Gasteiger partial charge in [-0.15, -0.1) is 0 Å². The van der Waals surface area contributed by atoms with Gasteiger partial charge in [-0.05, 0) is 32.0 Å². The molecule has 0 fully saturated rings. The van der Waals surface area contributed by atoms with E-state index in [0.29, 0.717) is 9.72 Å². The largest absolute Gasteiger partial charge is 0.491 e. The van der Waals surface area contributed by atoms with Crippen molar-refractivity contribution in [1.82, 2.24) is 10.1 Å². The molecule has 1 aromatic heterocycles. The van der Waals surface area contributed by atoms with Crippen LogP contribution in [0.25, 0.3) is 11.5 Å². The number of rotatable bonds is 3. The predicted molar refractivity (Wildman–Crippen MR) is 68.2 cm³/mol. The first-order chi connectivity index (χ1) is 7.65. The summed E-state index contributed by atoms with van der Waals surface area (Å²) in [5.74, 6) is 1.32. The third-order valence-electron chi connectivity index (χ3n) is 1.85. The van der Waals surface area contributed by atoms with Gasteiger partial charge in [0.1, 0.15) is 5.75 Å². The van der Waals surface area contributed by atoms with Crippen LogP contribution in [0.4, 0.5) is 0 Å². The fourth-order valence-corrected chi connectivity index (χ4v) is 1.61. The third kappa shape index (κ3) is 2.72. The van der Waals surface area contributed by atoms with Crippen LogP contribution in [0.5, 0.6) is 5.75 Å². The van der Waals surface area contributed by atoms with Gasteiger partial charge in [-0.1, -0.05) is 11.2 Å². The van der Waals surface area contributed by atoms with Gasteiger partial charge in [0, 0.05) is 28.2 Å². The van der Waals surface area contributed by atoms with Crippen molar-refractivity contribution in [3.63, 3.8) is 0 Å². The van der Waals surface area contributed by atoms with Crippen molar-refractivity contribution in [2.45, 2.75) is 20.0 Å². The molecule has 2 rings (SSSR count). The Morgan fingerprint density at radius 2 is 2.19 bits per heavy atom. The van der Waals surface area contributed by atoms with Crippen LogP contribution in [-0.4, -0.2) is 16.2 Å². The highest BCUT2D eigenvalue weighted by Crippen LogP contribution is 2.23. The van der Waals surface area contributed by atoms with E-state index in [4.69, 9.17) is 9.26 Å². The molecule has 0 saturated heterocycles. The molecule has 0 N–H and O–H groups in total. The summed E-state index contributed by atoms with van der Waals surface area (Å²) in [6.45, 7) is 3.98. The van der Waals surface area contributed by atoms with Gasteiger partial charge in [0.2, 0.25) is 3.83 Å². The van der Waals surface area contributed by atoms with Crippen LogP contribution >= 0.6 is 22.6 Å². The zero-order valence-corrected chi connectivity index (χ0v) is 11.1. The normalized spacial score (nSPS) is 10.8. The van der Waals surface area contributed by atoms with E-state index in [1.54, 1.807) is 0 Å². The van der Waals surface area contributed by atoms with Crippen molar-refractivity contribution in [2.75, 3.05) is 0 Å². The molecule has 0 aliphatic carbocycles. The molecule has 5 heteroatoms. The molecule has 0 spiro atoms. The van der Waals surface area contributed by atoms with Gasteiger partial charge in [-0.3, -0.25) is 0 Å². The van der Waals surface area contributed by atoms with E-state index in [0.717, 1.165) is 11.3 Å². The highest BCUT2D eigenvalue weighted by atomic mass is 127. The number of halogens is 1. The molecule has 0 unspecified atom stereocenters. The average molecular weight is 330 g/mol.